The number of nitrogens with two attached hydrogens (primary N) is 1. The van der Waals surface area contributed by atoms with E-state index < -0.39 is 0 Å². The highest BCUT2D eigenvalue weighted by atomic mass is 16.2. The Morgan fingerprint density at radius 2 is 1.83 bits per heavy atom. The van der Waals surface area contributed by atoms with Gasteiger partial charge in [-0.15, -0.1) is 0 Å². The number of anilines is 1. The van der Waals surface area contributed by atoms with Gasteiger partial charge in [0.15, 0.2) is 0 Å². The molecule has 1 aliphatic rings. The third-order valence-electron chi connectivity index (χ3n) is 5.25. The quantitative estimate of drug-likeness (QED) is 0.478. The minimum atomic E-state index is -0.271. The molecule has 1 saturated carbocycles. The second-order valence-corrected chi connectivity index (χ2v) is 7.23. The van der Waals surface area contributed by atoms with Gasteiger partial charge in [-0.2, -0.15) is 0 Å². The predicted octanol–water partition coefficient (Wildman–Crippen LogP) is 1.86. The normalized spacial score (nSPS) is 21.5. The fraction of sp³-hybridized carbons (Fsp3) is 0.286. The maximum atomic E-state index is 12.2. The van der Waals surface area contributed by atoms with Gasteiger partial charge in [0.1, 0.15) is 6.33 Å². The number of hydrazine groups is 1. The molecule has 8 heteroatoms. The second kappa shape index (κ2) is 8.85. The molecule has 2 heterocycles. The molecule has 8 nitrogen and oxygen atoms in total. The fourth-order valence-electron chi connectivity index (χ4n) is 3.68. The highest BCUT2D eigenvalue weighted by molar-refractivity contribution is 5.93. The van der Waals surface area contributed by atoms with Crippen LogP contribution in [0.5, 0.6) is 0 Å². The van der Waals surface area contributed by atoms with Gasteiger partial charge in [0.2, 0.25) is 0 Å². The third kappa shape index (κ3) is 4.61. The maximum absolute atomic E-state index is 12.2. The predicted molar refractivity (Wildman–Crippen MR) is 111 cm³/mol. The Hall–Kier alpha value is -3.23. The lowest BCUT2D eigenvalue weighted by molar-refractivity contribution is 0.0915. The first-order valence-electron chi connectivity index (χ1n) is 9.77. The van der Waals surface area contributed by atoms with Crippen LogP contribution < -0.4 is 21.9 Å². The van der Waals surface area contributed by atoms with Gasteiger partial charge in [0, 0.05) is 54.3 Å². The van der Waals surface area contributed by atoms with Crippen molar-refractivity contribution < 1.29 is 4.79 Å². The molecule has 3 unspecified atom stereocenters. The van der Waals surface area contributed by atoms with E-state index in [1.165, 1.54) is 18.7 Å². The van der Waals surface area contributed by atoms with Crippen molar-refractivity contribution in [1.29, 1.82) is 0 Å². The topological polar surface area (TPSA) is 110 Å². The monoisotopic (exact) mass is 391 g/mol. The Bertz CT molecular complexity index is 929. The summed E-state index contributed by atoms with van der Waals surface area (Å²) < 4.78 is 2.07. The number of nitrogens with zero attached hydrogens (tertiary/aromatic N) is 3. The van der Waals surface area contributed by atoms with E-state index in [1.54, 1.807) is 0 Å². The van der Waals surface area contributed by atoms with Gasteiger partial charge in [0.05, 0.1) is 5.56 Å². The lowest BCUT2D eigenvalue weighted by Crippen LogP contribution is -2.60. The largest absolute Gasteiger partial charge is 0.381 e. The summed E-state index contributed by atoms with van der Waals surface area (Å²) in [5.41, 5.74) is 14.9. The first-order valence-corrected chi connectivity index (χ1v) is 9.77. The smallest absolute Gasteiger partial charge is 0.268 e. The third-order valence-corrected chi connectivity index (χ3v) is 5.25. The molecule has 3 atom stereocenters. The highest BCUT2D eigenvalue weighted by Crippen LogP contribution is 2.23. The van der Waals surface area contributed by atoms with Crippen LogP contribution in [-0.2, 0) is 0 Å². The van der Waals surface area contributed by atoms with Gasteiger partial charge in [-0.1, -0.05) is 6.07 Å². The van der Waals surface area contributed by atoms with Gasteiger partial charge < -0.3 is 15.6 Å². The number of benzene rings is 1. The molecule has 29 heavy (non-hydrogen) atoms. The van der Waals surface area contributed by atoms with Crippen LogP contribution in [0.25, 0.3) is 5.69 Å². The van der Waals surface area contributed by atoms with Gasteiger partial charge in [-0.25, -0.2) is 15.4 Å². The zero-order chi connectivity index (χ0) is 20.1. The number of nitrogens with one attached hydrogen (secondary N) is 3. The molecular formula is C21H25N7O. The molecule has 1 amide bonds. The zero-order valence-corrected chi connectivity index (χ0v) is 16.0. The van der Waals surface area contributed by atoms with Crippen molar-refractivity contribution in [3.8, 4) is 5.69 Å². The molecule has 0 bridgehead atoms. The molecule has 1 aromatic carbocycles. The first kappa shape index (κ1) is 19.1. The number of hydrogen-bond donors (Lipinski definition) is 4. The highest BCUT2D eigenvalue weighted by Gasteiger charge is 2.30. The van der Waals surface area contributed by atoms with Crippen molar-refractivity contribution in [2.45, 2.75) is 37.4 Å². The van der Waals surface area contributed by atoms with Crippen LogP contribution in [0.15, 0.2) is 67.5 Å². The van der Waals surface area contributed by atoms with E-state index in [1.807, 2.05) is 36.7 Å². The molecule has 5 N–H and O–H groups in total. The van der Waals surface area contributed by atoms with Gasteiger partial charge in [0.25, 0.3) is 5.91 Å². The Balaban J connectivity index is 1.37. The van der Waals surface area contributed by atoms with Crippen molar-refractivity contribution in [2.24, 2.45) is 5.73 Å². The van der Waals surface area contributed by atoms with Crippen LogP contribution in [0, 0.1) is 0 Å². The van der Waals surface area contributed by atoms with Crippen LogP contribution in [0.2, 0.25) is 0 Å². The minimum Gasteiger partial charge on any atom is -0.381 e. The van der Waals surface area contributed by atoms with Crippen LogP contribution in [0.1, 0.15) is 29.6 Å². The summed E-state index contributed by atoms with van der Waals surface area (Å²) in [6, 6.07) is 12.2. The minimum absolute atomic E-state index is 0.0255. The SMILES string of the molecule is NC1C(NNC(=O)c2cncnc2)CCCC1Nc1cccc(-n2cccc2)c1. The Morgan fingerprint density at radius 3 is 2.62 bits per heavy atom. The van der Waals surface area contributed by atoms with Crippen LogP contribution in [-0.4, -0.2) is 38.6 Å². The standard InChI is InChI=1S/C21H25N7O/c22-20-18(25-16-5-3-6-17(11-16)28-9-1-2-10-28)7-4-8-19(20)26-27-21(29)15-12-23-14-24-13-15/h1-3,5-6,9-14,18-20,25-26H,4,7-8,22H2,(H,27,29). The van der Waals surface area contributed by atoms with Crippen molar-refractivity contribution in [3.63, 3.8) is 0 Å². The molecular weight excluding hydrogens is 366 g/mol. The van der Waals surface area contributed by atoms with Gasteiger partial charge in [-0.3, -0.25) is 10.2 Å². The van der Waals surface area contributed by atoms with E-state index in [4.69, 9.17) is 5.73 Å². The van der Waals surface area contributed by atoms with Crippen molar-refractivity contribution >= 4 is 11.6 Å². The van der Waals surface area contributed by atoms with Crippen molar-refractivity contribution in [2.75, 3.05) is 5.32 Å². The Morgan fingerprint density at radius 1 is 1.07 bits per heavy atom. The van der Waals surface area contributed by atoms with Gasteiger partial charge in [-0.05, 0) is 49.6 Å². The molecule has 150 valence electrons. The van der Waals surface area contributed by atoms with Crippen molar-refractivity contribution in [3.05, 3.63) is 73.1 Å². The molecule has 4 rings (SSSR count). The summed E-state index contributed by atoms with van der Waals surface area (Å²) in [6.07, 6.45) is 11.3. The molecule has 2 aromatic heterocycles. The summed E-state index contributed by atoms with van der Waals surface area (Å²) in [5, 5.41) is 3.57. The second-order valence-electron chi connectivity index (χ2n) is 7.23. The van der Waals surface area contributed by atoms with Crippen molar-refractivity contribution in [1.82, 2.24) is 25.4 Å². The zero-order valence-electron chi connectivity index (χ0n) is 16.0. The number of carbonyl (C=O) groups is 1. The van der Waals surface area contributed by atoms with E-state index in [0.717, 1.165) is 30.6 Å². The number of carbonyl (C=O) groups excluding carboxylic acids is 1. The van der Waals surface area contributed by atoms with Crippen LogP contribution in [0.3, 0.4) is 0 Å². The number of aromatic nitrogens is 3. The van der Waals surface area contributed by atoms with E-state index in [9.17, 15) is 4.79 Å². The average Bonchev–Trinajstić information content (AvgIpc) is 3.30. The number of hydrogen-bond acceptors (Lipinski definition) is 6. The van der Waals surface area contributed by atoms with E-state index in [0.29, 0.717) is 5.56 Å². The maximum Gasteiger partial charge on any atom is 0.268 e. The lowest BCUT2D eigenvalue weighted by atomic mass is 9.86. The van der Waals surface area contributed by atoms with Crippen LogP contribution >= 0.6 is 0 Å². The molecule has 0 aliphatic heterocycles. The molecule has 1 fully saturated rings. The Kier molecular flexibility index (Phi) is 5.83. The Labute approximate surface area is 169 Å². The fourth-order valence-corrected chi connectivity index (χ4v) is 3.68. The lowest BCUT2D eigenvalue weighted by Gasteiger charge is -2.37. The molecule has 0 spiro atoms. The summed E-state index contributed by atoms with van der Waals surface area (Å²) in [7, 11) is 0. The summed E-state index contributed by atoms with van der Waals surface area (Å²) >= 11 is 0. The molecule has 3 aromatic rings. The van der Waals surface area contributed by atoms with Gasteiger partial charge >= 0.3 is 0 Å². The summed E-state index contributed by atoms with van der Waals surface area (Å²) in [4.78, 5) is 19.9. The van der Waals surface area contributed by atoms with E-state index in [2.05, 4.69) is 42.8 Å². The van der Waals surface area contributed by atoms with E-state index >= 15 is 0 Å². The molecule has 0 radical (unpaired) electrons. The molecule has 0 saturated heterocycles. The first-order chi connectivity index (χ1) is 14.2. The van der Waals surface area contributed by atoms with Crippen LogP contribution in [0.4, 0.5) is 5.69 Å². The summed E-state index contributed by atoms with van der Waals surface area (Å²) in [5.74, 6) is -0.271. The summed E-state index contributed by atoms with van der Waals surface area (Å²) in [6.45, 7) is 0. The molecule has 1 aliphatic carbocycles. The number of rotatable bonds is 6. The number of amides is 1. The average molecular weight is 391 g/mol. The van der Waals surface area contributed by atoms with E-state index in [-0.39, 0.29) is 24.0 Å².